The van der Waals surface area contributed by atoms with E-state index in [1.807, 2.05) is 0 Å². The molecule has 0 bridgehead atoms. The Kier molecular flexibility index (Phi) is 18.6. The van der Waals surface area contributed by atoms with E-state index in [2.05, 4.69) is 17.9 Å². The molecule has 28 heavy (non-hydrogen) atoms. The van der Waals surface area contributed by atoms with E-state index in [9.17, 15) is 0 Å². The van der Waals surface area contributed by atoms with Gasteiger partial charge >= 0.3 is 0 Å². The molecule has 0 aromatic carbocycles. The molecule has 0 aromatic heterocycles. The molecule has 1 unspecified atom stereocenters. The zero-order chi connectivity index (χ0) is 20.0. The van der Waals surface area contributed by atoms with Gasteiger partial charge in [-0.25, -0.2) is 0 Å². The highest BCUT2D eigenvalue weighted by molar-refractivity contribution is 4.98. The number of hydrogen-bond donors (Lipinski definition) is 0. The largest absolute Gasteiger partial charge is 0.473 e. The second-order valence-corrected chi connectivity index (χ2v) is 7.83. The molecule has 1 atom stereocenters. The van der Waals surface area contributed by atoms with Gasteiger partial charge < -0.3 is 14.2 Å². The van der Waals surface area contributed by atoms with Crippen LogP contribution in [-0.4, -0.2) is 26.6 Å². The maximum Gasteiger partial charge on any atom is 0.199 e. The van der Waals surface area contributed by atoms with E-state index < -0.39 is 0 Å². The summed E-state index contributed by atoms with van der Waals surface area (Å²) < 4.78 is 16.2. The van der Waals surface area contributed by atoms with Crippen LogP contribution >= 0.6 is 0 Å². The van der Waals surface area contributed by atoms with Gasteiger partial charge in [0.05, 0.1) is 12.9 Å². The molecule has 0 aliphatic carbocycles. The van der Waals surface area contributed by atoms with E-state index in [-0.39, 0.29) is 6.29 Å². The summed E-state index contributed by atoms with van der Waals surface area (Å²) in [6.07, 6.45) is 24.9. The number of allylic oxidation sites excluding steroid dienone is 1. The Morgan fingerprint density at radius 1 is 0.750 bits per heavy atom. The first-order valence-electron chi connectivity index (χ1n) is 11.8. The van der Waals surface area contributed by atoms with Crippen molar-refractivity contribution in [3.8, 4) is 11.8 Å². The van der Waals surface area contributed by atoms with Crippen LogP contribution in [0.3, 0.4) is 0 Å². The molecule has 1 rings (SSSR count). The van der Waals surface area contributed by atoms with Crippen LogP contribution in [0.2, 0.25) is 0 Å². The lowest BCUT2D eigenvalue weighted by Gasteiger charge is -2.19. The molecule has 3 heteroatoms. The van der Waals surface area contributed by atoms with E-state index in [1.165, 1.54) is 77.0 Å². The first-order chi connectivity index (χ1) is 13.9. The summed E-state index contributed by atoms with van der Waals surface area (Å²) in [6, 6.07) is 0. The Morgan fingerprint density at radius 3 is 1.82 bits per heavy atom. The fourth-order valence-electron chi connectivity index (χ4n) is 3.39. The van der Waals surface area contributed by atoms with Gasteiger partial charge in [-0.15, -0.1) is 11.8 Å². The molecule has 0 fully saturated rings. The van der Waals surface area contributed by atoms with E-state index in [1.54, 1.807) is 13.4 Å². The minimum absolute atomic E-state index is 0.00260. The van der Waals surface area contributed by atoms with Crippen LogP contribution in [0.25, 0.3) is 0 Å². The Morgan fingerprint density at radius 2 is 1.29 bits per heavy atom. The predicted molar refractivity (Wildman–Crippen MR) is 118 cm³/mol. The van der Waals surface area contributed by atoms with Crippen molar-refractivity contribution < 1.29 is 14.2 Å². The molecule has 0 spiro atoms. The van der Waals surface area contributed by atoms with Crippen LogP contribution < -0.4 is 0 Å². The highest BCUT2D eigenvalue weighted by Gasteiger charge is 2.09. The molecule has 1 aliphatic rings. The number of hydrogen-bond acceptors (Lipinski definition) is 3. The van der Waals surface area contributed by atoms with Crippen molar-refractivity contribution in [3.63, 3.8) is 0 Å². The third-order valence-corrected chi connectivity index (χ3v) is 5.17. The fraction of sp³-hybridized carbons (Fsp3) is 0.840. The summed E-state index contributed by atoms with van der Waals surface area (Å²) >= 11 is 0. The molecular formula is C25H44O3. The monoisotopic (exact) mass is 392 g/mol. The Hall–Kier alpha value is -0.980. The van der Waals surface area contributed by atoms with Gasteiger partial charge in [-0.05, 0) is 38.2 Å². The van der Waals surface area contributed by atoms with Gasteiger partial charge in [0.15, 0.2) is 6.29 Å². The summed E-state index contributed by atoms with van der Waals surface area (Å²) in [4.78, 5) is 0. The number of ether oxygens (including phenoxy) is 3. The van der Waals surface area contributed by atoms with Gasteiger partial charge in [-0.3, -0.25) is 0 Å². The minimum atomic E-state index is -0.00260. The molecule has 3 nitrogen and oxygen atoms in total. The third-order valence-electron chi connectivity index (χ3n) is 5.17. The van der Waals surface area contributed by atoms with E-state index in [4.69, 9.17) is 14.2 Å². The van der Waals surface area contributed by atoms with Crippen LogP contribution in [-0.2, 0) is 14.2 Å². The van der Waals surface area contributed by atoms with Gasteiger partial charge in [0.2, 0.25) is 0 Å². The molecule has 162 valence electrons. The molecule has 1 heterocycles. The van der Waals surface area contributed by atoms with Gasteiger partial charge in [-0.1, -0.05) is 57.8 Å². The zero-order valence-corrected chi connectivity index (χ0v) is 18.4. The smallest absolute Gasteiger partial charge is 0.199 e. The summed E-state index contributed by atoms with van der Waals surface area (Å²) in [5.41, 5.74) is 0. The zero-order valence-electron chi connectivity index (χ0n) is 18.4. The van der Waals surface area contributed by atoms with Crippen molar-refractivity contribution in [2.75, 3.05) is 20.3 Å². The minimum Gasteiger partial charge on any atom is -0.473 e. The highest BCUT2D eigenvalue weighted by atomic mass is 16.7. The maximum atomic E-state index is 5.72. The van der Waals surface area contributed by atoms with Crippen LogP contribution in [0.15, 0.2) is 12.3 Å². The van der Waals surface area contributed by atoms with Crippen molar-refractivity contribution in [1.82, 2.24) is 0 Å². The maximum absolute atomic E-state index is 5.72. The Bertz CT molecular complexity index is 408. The summed E-state index contributed by atoms with van der Waals surface area (Å²) in [5, 5.41) is 0. The molecule has 0 aromatic rings. The highest BCUT2D eigenvalue weighted by Crippen LogP contribution is 2.13. The standard InChI is InChI=1S/C25H44O3/c1-26-22-18-15-13-11-9-7-5-3-2-4-6-8-10-12-14-16-19-23-27-25-21-17-20-24-28-25/h20,24-25H,4-19,21-23H2,1H3. The second kappa shape index (κ2) is 20.7. The fourth-order valence-corrected chi connectivity index (χ4v) is 3.39. The molecule has 0 saturated heterocycles. The predicted octanol–water partition coefficient (Wildman–Crippen LogP) is 7.15. The normalized spacial score (nSPS) is 15.8. The average molecular weight is 393 g/mol. The number of methoxy groups -OCH3 is 1. The average Bonchev–Trinajstić information content (AvgIpc) is 2.73. The SMILES string of the molecule is COCCCCCCCCC#CCCCCCCCCCOC1CCC=CO1. The summed E-state index contributed by atoms with van der Waals surface area (Å²) in [6.45, 7) is 1.75. The molecular weight excluding hydrogens is 348 g/mol. The third kappa shape index (κ3) is 17.1. The van der Waals surface area contributed by atoms with Crippen molar-refractivity contribution >= 4 is 0 Å². The number of rotatable bonds is 18. The molecule has 1 aliphatic heterocycles. The Labute approximate surface area is 174 Å². The molecule has 0 saturated carbocycles. The summed E-state index contributed by atoms with van der Waals surface area (Å²) in [5.74, 6) is 6.70. The lowest BCUT2D eigenvalue weighted by atomic mass is 10.1. The Balaban J connectivity index is 1.70. The van der Waals surface area contributed by atoms with Crippen LogP contribution in [0.1, 0.15) is 109 Å². The van der Waals surface area contributed by atoms with Crippen LogP contribution in [0, 0.1) is 11.8 Å². The van der Waals surface area contributed by atoms with Crippen LogP contribution in [0.4, 0.5) is 0 Å². The first kappa shape index (κ1) is 25.1. The van der Waals surface area contributed by atoms with Gasteiger partial charge in [-0.2, -0.15) is 0 Å². The molecule has 0 N–H and O–H groups in total. The van der Waals surface area contributed by atoms with Crippen molar-refractivity contribution in [3.05, 3.63) is 12.3 Å². The number of unbranched alkanes of at least 4 members (excludes halogenated alkanes) is 13. The van der Waals surface area contributed by atoms with E-state index in [0.717, 1.165) is 45.3 Å². The first-order valence-corrected chi connectivity index (χ1v) is 11.8. The molecule has 0 radical (unpaired) electrons. The van der Waals surface area contributed by atoms with E-state index >= 15 is 0 Å². The van der Waals surface area contributed by atoms with Crippen LogP contribution in [0.5, 0.6) is 0 Å². The van der Waals surface area contributed by atoms with Gasteiger partial charge in [0, 0.05) is 33.0 Å². The summed E-state index contributed by atoms with van der Waals surface area (Å²) in [7, 11) is 1.78. The van der Waals surface area contributed by atoms with Gasteiger partial charge in [0.1, 0.15) is 0 Å². The van der Waals surface area contributed by atoms with Crippen molar-refractivity contribution in [1.29, 1.82) is 0 Å². The quantitative estimate of drug-likeness (QED) is 0.183. The van der Waals surface area contributed by atoms with Crippen molar-refractivity contribution in [2.24, 2.45) is 0 Å². The topological polar surface area (TPSA) is 27.7 Å². The van der Waals surface area contributed by atoms with E-state index in [0.29, 0.717) is 0 Å². The van der Waals surface area contributed by atoms with Crippen molar-refractivity contribution in [2.45, 2.75) is 115 Å². The van der Waals surface area contributed by atoms with Gasteiger partial charge in [0.25, 0.3) is 0 Å². The lowest BCUT2D eigenvalue weighted by Crippen LogP contribution is -2.17. The molecule has 0 amide bonds. The lowest BCUT2D eigenvalue weighted by molar-refractivity contribution is -0.115. The second-order valence-electron chi connectivity index (χ2n) is 7.83.